The second-order valence-corrected chi connectivity index (χ2v) is 6.19. The zero-order valence-corrected chi connectivity index (χ0v) is 14.1. The van der Waals surface area contributed by atoms with E-state index >= 15 is 0 Å². The van der Waals surface area contributed by atoms with Crippen molar-refractivity contribution in [3.63, 3.8) is 0 Å². The van der Waals surface area contributed by atoms with Crippen molar-refractivity contribution >= 4 is 11.8 Å². The van der Waals surface area contributed by atoms with Crippen molar-refractivity contribution in [2.24, 2.45) is 5.73 Å². The van der Waals surface area contributed by atoms with Crippen LogP contribution in [-0.4, -0.2) is 24.5 Å². The molecule has 2 rings (SSSR count). The summed E-state index contributed by atoms with van der Waals surface area (Å²) in [5, 5.41) is 3.09. The lowest BCUT2D eigenvalue weighted by molar-refractivity contribution is -0.121. The summed E-state index contributed by atoms with van der Waals surface area (Å²) in [6, 6.07) is 5.51. The molecule has 130 valence electrons. The van der Waals surface area contributed by atoms with Crippen LogP contribution in [0.4, 0.5) is 0 Å². The monoisotopic (exact) mass is 330 g/mol. The number of hydrogen-bond donors (Lipinski definition) is 2. The number of nitrogens with two attached hydrogens (primary N) is 1. The highest BCUT2D eigenvalue weighted by molar-refractivity contribution is 5.95. The number of carbonyl (C=O) groups excluding carboxylic acids is 2. The van der Waals surface area contributed by atoms with Crippen molar-refractivity contribution in [2.45, 2.75) is 51.0 Å². The minimum Gasteiger partial charge on any atom is -0.490 e. The lowest BCUT2D eigenvalue weighted by Crippen LogP contribution is -2.36. The Balaban J connectivity index is 1.93. The van der Waals surface area contributed by atoms with Crippen LogP contribution in [0.25, 0.3) is 0 Å². The van der Waals surface area contributed by atoms with Gasteiger partial charge in [0.15, 0.2) is 0 Å². The average Bonchev–Trinajstić information content (AvgIpc) is 2.59. The van der Waals surface area contributed by atoms with Crippen molar-refractivity contribution < 1.29 is 14.3 Å². The number of hydrogen-bond acceptors (Lipinski definition) is 3. The summed E-state index contributed by atoms with van der Waals surface area (Å²) in [6.45, 7) is 3.95. The van der Waals surface area contributed by atoms with Crippen molar-refractivity contribution in [3.05, 3.63) is 42.0 Å². The predicted octanol–water partition coefficient (Wildman–Crippen LogP) is 2.73. The molecule has 0 bridgehead atoms. The summed E-state index contributed by atoms with van der Waals surface area (Å²) in [7, 11) is 0. The maximum atomic E-state index is 12.1. The number of nitrogens with one attached hydrogen (secondary N) is 1. The third-order valence-corrected chi connectivity index (χ3v) is 4.31. The number of amides is 2. The van der Waals surface area contributed by atoms with Gasteiger partial charge in [-0.2, -0.15) is 0 Å². The van der Waals surface area contributed by atoms with Gasteiger partial charge in [0.05, 0.1) is 0 Å². The number of benzene rings is 1. The molecule has 1 saturated carbocycles. The molecular formula is C19H26N2O3. The van der Waals surface area contributed by atoms with E-state index in [0.29, 0.717) is 36.8 Å². The van der Waals surface area contributed by atoms with Gasteiger partial charge in [-0.15, -0.1) is 0 Å². The molecule has 5 heteroatoms. The first kappa shape index (κ1) is 18.0. The van der Waals surface area contributed by atoms with E-state index in [-0.39, 0.29) is 5.91 Å². The SMILES string of the molecule is C=CCOc1ccc(CCC(=O)NC2CCCCC2)c(C(N)=O)c1. The smallest absolute Gasteiger partial charge is 0.249 e. The first-order valence-corrected chi connectivity index (χ1v) is 8.56. The number of ether oxygens (including phenoxy) is 1. The van der Waals surface area contributed by atoms with Crippen LogP contribution in [0.1, 0.15) is 54.4 Å². The third kappa shape index (κ3) is 5.41. The molecule has 0 atom stereocenters. The van der Waals surface area contributed by atoms with Crippen molar-refractivity contribution in [1.82, 2.24) is 5.32 Å². The molecule has 0 radical (unpaired) electrons. The van der Waals surface area contributed by atoms with Crippen LogP contribution < -0.4 is 15.8 Å². The van der Waals surface area contributed by atoms with E-state index in [1.165, 1.54) is 19.3 Å². The van der Waals surface area contributed by atoms with E-state index < -0.39 is 5.91 Å². The molecule has 1 fully saturated rings. The Morgan fingerprint density at radius 1 is 1.29 bits per heavy atom. The molecule has 0 unspecified atom stereocenters. The maximum absolute atomic E-state index is 12.1. The fourth-order valence-corrected chi connectivity index (χ4v) is 3.04. The van der Waals surface area contributed by atoms with Crippen LogP contribution in [0.3, 0.4) is 0 Å². The second kappa shape index (κ2) is 9.11. The van der Waals surface area contributed by atoms with E-state index in [2.05, 4.69) is 11.9 Å². The molecule has 3 N–H and O–H groups in total. The topological polar surface area (TPSA) is 81.4 Å². The second-order valence-electron chi connectivity index (χ2n) is 6.19. The maximum Gasteiger partial charge on any atom is 0.249 e. The molecule has 0 saturated heterocycles. The molecule has 2 amide bonds. The minimum absolute atomic E-state index is 0.0318. The van der Waals surface area contributed by atoms with E-state index in [1.807, 2.05) is 0 Å². The van der Waals surface area contributed by atoms with Crippen molar-refractivity contribution in [2.75, 3.05) is 6.61 Å². The highest BCUT2D eigenvalue weighted by Gasteiger charge is 2.16. The highest BCUT2D eigenvalue weighted by Crippen LogP contribution is 2.20. The zero-order chi connectivity index (χ0) is 17.4. The molecule has 1 aliphatic carbocycles. The van der Waals surface area contributed by atoms with Gasteiger partial charge in [-0.25, -0.2) is 0 Å². The highest BCUT2D eigenvalue weighted by atomic mass is 16.5. The van der Waals surface area contributed by atoms with Crippen LogP contribution in [-0.2, 0) is 11.2 Å². The normalized spacial score (nSPS) is 14.8. The van der Waals surface area contributed by atoms with Gasteiger partial charge in [0, 0.05) is 18.0 Å². The first-order chi connectivity index (χ1) is 11.6. The van der Waals surface area contributed by atoms with Crippen molar-refractivity contribution in [3.8, 4) is 5.75 Å². The number of rotatable bonds is 8. The quantitative estimate of drug-likeness (QED) is 0.719. The predicted molar refractivity (Wildman–Crippen MR) is 94.0 cm³/mol. The van der Waals surface area contributed by atoms with Gasteiger partial charge in [-0.3, -0.25) is 9.59 Å². The number of primary amides is 1. The van der Waals surface area contributed by atoms with E-state index in [0.717, 1.165) is 18.4 Å². The zero-order valence-electron chi connectivity index (χ0n) is 14.1. The summed E-state index contributed by atoms with van der Waals surface area (Å²) in [4.78, 5) is 23.8. The molecule has 24 heavy (non-hydrogen) atoms. The Kier molecular flexibility index (Phi) is 6.85. The van der Waals surface area contributed by atoms with Crippen LogP contribution in [0.5, 0.6) is 5.75 Å². The van der Waals surface area contributed by atoms with E-state index in [9.17, 15) is 9.59 Å². The molecular weight excluding hydrogens is 304 g/mol. The number of aryl methyl sites for hydroxylation is 1. The largest absolute Gasteiger partial charge is 0.490 e. The van der Waals surface area contributed by atoms with Gasteiger partial charge in [0.25, 0.3) is 0 Å². The summed E-state index contributed by atoms with van der Waals surface area (Å²) in [6.07, 6.45) is 8.22. The van der Waals surface area contributed by atoms with Crippen LogP contribution >= 0.6 is 0 Å². The Morgan fingerprint density at radius 3 is 2.71 bits per heavy atom. The molecule has 0 heterocycles. The van der Waals surface area contributed by atoms with Gasteiger partial charge >= 0.3 is 0 Å². The Morgan fingerprint density at radius 2 is 2.04 bits per heavy atom. The Labute approximate surface area is 143 Å². The van der Waals surface area contributed by atoms with Gasteiger partial charge in [0.2, 0.25) is 11.8 Å². The minimum atomic E-state index is -0.512. The average molecular weight is 330 g/mol. The molecule has 1 aromatic rings. The fraction of sp³-hybridized carbons (Fsp3) is 0.474. The Bertz CT molecular complexity index is 592. The van der Waals surface area contributed by atoms with E-state index in [1.54, 1.807) is 24.3 Å². The first-order valence-electron chi connectivity index (χ1n) is 8.56. The fourth-order valence-electron chi connectivity index (χ4n) is 3.04. The summed E-state index contributed by atoms with van der Waals surface area (Å²) >= 11 is 0. The molecule has 1 aromatic carbocycles. The van der Waals surface area contributed by atoms with Gasteiger partial charge in [-0.05, 0) is 37.0 Å². The third-order valence-electron chi connectivity index (χ3n) is 4.31. The van der Waals surface area contributed by atoms with E-state index in [4.69, 9.17) is 10.5 Å². The van der Waals surface area contributed by atoms with Gasteiger partial charge in [-0.1, -0.05) is 38.0 Å². The Hall–Kier alpha value is -2.30. The van der Waals surface area contributed by atoms with Crippen LogP contribution in [0.2, 0.25) is 0 Å². The lowest BCUT2D eigenvalue weighted by atomic mass is 9.95. The molecule has 5 nitrogen and oxygen atoms in total. The van der Waals surface area contributed by atoms with Gasteiger partial charge < -0.3 is 15.8 Å². The summed E-state index contributed by atoms with van der Waals surface area (Å²) in [5.74, 6) is 0.0881. The molecule has 0 aliphatic heterocycles. The molecule has 0 aromatic heterocycles. The molecule has 0 spiro atoms. The van der Waals surface area contributed by atoms with Crippen molar-refractivity contribution in [1.29, 1.82) is 0 Å². The van der Waals surface area contributed by atoms with Crippen LogP contribution in [0.15, 0.2) is 30.9 Å². The standard InChI is InChI=1S/C19H26N2O3/c1-2-12-24-16-10-8-14(17(13-16)19(20)23)9-11-18(22)21-15-6-4-3-5-7-15/h2,8,10,13,15H,1,3-7,9,11-12H2,(H2,20,23)(H,21,22). The molecule has 1 aliphatic rings. The summed E-state index contributed by atoms with van der Waals surface area (Å²) < 4.78 is 5.42. The number of carbonyl (C=O) groups is 2. The van der Waals surface area contributed by atoms with Crippen LogP contribution in [0, 0.1) is 0 Å². The lowest BCUT2D eigenvalue weighted by Gasteiger charge is -2.22. The summed E-state index contributed by atoms with van der Waals surface area (Å²) in [5.41, 5.74) is 6.63. The van der Waals surface area contributed by atoms with Gasteiger partial charge in [0.1, 0.15) is 12.4 Å².